The molecule has 2 N–H and O–H groups in total. The lowest BCUT2D eigenvalue weighted by atomic mass is 10.1. The van der Waals surface area contributed by atoms with Crippen molar-refractivity contribution in [3.63, 3.8) is 0 Å². The monoisotopic (exact) mass is 401 g/mol. The summed E-state index contributed by atoms with van der Waals surface area (Å²) in [6.45, 7) is 12.3. The summed E-state index contributed by atoms with van der Waals surface area (Å²) in [4.78, 5) is 14.1. The minimum absolute atomic E-state index is 0.0985. The van der Waals surface area contributed by atoms with Gasteiger partial charge in [0, 0.05) is 37.7 Å². The van der Waals surface area contributed by atoms with Crippen LogP contribution < -0.4 is 5.32 Å². The Morgan fingerprint density at radius 1 is 0.700 bits per heavy atom. The molecule has 0 saturated heterocycles. The second kappa shape index (κ2) is 9.73. The van der Waals surface area contributed by atoms with Gasteiger partial charge in [0.25, 0.3) is 0 Å². The maximum Gasteiger partial charge on any atom is 0.220 e. The summed E-state index contributed by atoms with van der Waals surface area (Å²) in [6.07, 6.45) is 0. The number of quaternary nitrogens is 1. The Bertz CT molecular complexity index is 981. The molecule has 3 rings (SSSR count). The molecule has 0 radical (unpaired) electrons. The number of benzene rings is 3. The van der Waals surface area contributed by atoms with Gasteiger partial charge in [-0.25, -0.2) is 0 Å². The van der Waals surface area contributed by atoms with Crippen LogP contribution in [-0.2, 0) is 24.4 Å². The number of hydrogen-bond acceptors (Lipinski definition) is 1. The number of carbonyl (C=O) groups excluding carboxylic acids is 1. The van der Waals surface area contributed by atoms with Gasteiger partial charge in [0.1, 0.15) is 12.2 Å². The van der Waals surface area contributed by atoms with Crippen molar-refractivity contribution in [3.8, 4) is 0 Å². The highest BCUT2D eigenvalue weighted by atomic mass is 16.2. The van der Waals surface area contributed by atoms with Crippen LogP contribution in [0.1, 0.15) is 45.9 Å². The van der Waals surface area contributed by atoms with Gasteiger partial charge in [-0.05, 0) is 49.9 Å². The lowest BCUT2D eigenvalue weighted by Gasteiger charge is -2.22. The van der Waals surface area contributed by atoms with Crippen molar-refractivity contribution < 1.29 is 10.1 Å². The fraction of sp³-hybridized carbons (Fsp3) is 0.296. The van der Waals surface area contributed by atoms with E-state index in [9.17, 15) is 4.79 Å². The molecule has 0 aliphatic heterocycles. The molecule has 0 aliphatic rings. The molecule has 0 unspecified atom stereocenters. The maximum absolute atomic E-state index is 12.2. The number of rotatable bonds is 7. The van der Waals surface area contributed by atoms with Crippen LogP contribution in [0.4, 0.5) is 5.69 Å². The smallest absolute Gasteiger partial charge is 0.220 e. The van der Waals surface area contributed by atoms with Crippen molar-refractivity contribution in [2.45, 2.75) is 54.3 Å². The molecule has 0 aromatic heterocycles. The molecule has 0 saturated carbocycles. The van der Waals surface area contributed by atoms with Crippen LogP contribution in [0, 0.1) is 27.7 Å². The highest BCUT2D eigenvalue weighted by Crippen LogP contribution is 2.15. The number of aryl methyl sites for hydroxylation is 4. The molecule has 3 aromatic carbocycles. The fourth-order valence-electron chi connectivity index (χ4n) is 4.02. The Labute approximate surface area is 180 Å². The largest absolute Gasteiger partial charge is 0.334 e. The zero-order valence-corrected chi connectivity index (χ0v) is 18.8. The van der Waals surface area contributed by atoms with Crippen LogP contribution in [0.5, 0.6) is 0 Å². The molecule has 30 heavy (non-hydrogen) atoms. The van der Waals surface area contributed by atoms with Crippen molar-refractivity contribution in [1.29, 1.82) is 0 Å². The van der Waals surface area contributed by atoms with Crippen molar-refractivity contribution >= 4 is 11.6 Å². The van der Waals surface area contributed by atoms with E-state index in [-0.39, 0.29) is 5.91 Å². The molecule has 1 amide bonds. The van der Waals surface area contributed by atoms with Crippen LogP contribution in [0.2, 0.25) is 0 Å². The zero-order chi connectivity index (χ0) is 21.7. The van der Waals surface area contributed by atoms with Crippen LogP contribution in [0.25, 0.3) is 0 Å². The molecule has 0 atom stereocenters. The van der Waals surface area contributed by atoms with E-state index in [4.69, 9.17) is 0 Å². The summed E-state index contributed by atoms with van der Waals surface area (Å²) in [5, 5.41) is 2.27. The highest BCUT2D eigenvalue weighted by Gasteiger charge is 2.11. The minimum Gasteiger partial charge on any atom is -0.334 e. The average Bonchev–Trinajstić information content (AvgIpc) is 2.65. The average molecular weight is 402 g/mol. The molecule has 3 aromatic rings. The Kier molecular flexibility index (Phi) is 7.07. The van der Waals surface area contributed by atoms with Gasteiger partial charge in [-0.1, -0.05) is 59.7 Å². The van der Waals surface area contributed by atoms with Gasteiger partial charge >= 0.3 is 0 Å². The summed E-state index contributed by atoms with van der Waals surface area (Å²) < 4.78 is 0. The van der Waals surface area contributed by atoms with E-state index in [1.165, 1.54) is 39.1 Å². The van der Waals surface area contributed by atoms with Crippen LogP contribution in [0.15, 0.2) is 60.7 Å². The first-order chi connectivity index (χ1) is 14.3. The highest BCUT2D eigenvalue weighted by molar-refractivity contribution is 5.73. The normalized spacial score (nSPS) is 10.8. The second-order valence-corrected chi connectivity index (χ2v) is 8.52. The molecule has 156 valence electrons. The molecule has 0 spiro atoms. The van der Waals surface area contributed by atoms with Gasteiger partial charge in [0.05, 0.1) is 0 Å². The van der Waals surface area contributed by atoms with Crippen LogP contribution in [0.3, 0.4) is 0 Å². The summed E-state index contributed by atoms with van der Waals surface area (Å²) in [5.41, 5.74) is 9.95. The van der Waals surface area contributed by atoms with E-state index in [1.54, 1.807) is 6.92 Å². The van der Waals surface area contributed by atoms with Crippen LogP contribution >= 0.6 is 0 Å². The zero-order valence-electron chi connectivity index (χ0n) is 18.8. The lowest BCUT2D eigenvalue weighted by molar-refractivity contribution is -0.588. The fourth-order valence-corrected chi connectivity index (χ4v) is 4.02. The standard InChI is InChI=1S/C27H32N2O/c1-19-10-20(2)13-26(12-19)18-29(23(5)30)17-25-8-6-24(7-9-25)16-28-27-14-21(3)11-22(4)15-27/h6-15,28H,16-18H2,1-5H3/p+1. The number of nitrogens with two attached hydrogens (primary N) is 1. The van der Waals surface area contributed by atoms with E-state index in [2.05, 4.69) is 93.7 Å². The lowest BCUT2D eigenvalue weighted by Crippen LogP contribution is -2.76. The van der Waals surface area contributed by atoms with Crippen molar-refractivity contribution in [1.82, 2.24) is 4.90 Å². The van der Waals surface area contributed by atoms with Gasteiger partial charge in [-0.15, -0.1) is 0 Å². The first-order valence-electron chi connectivity index (χ1n) is 10.6. The molecule has 0 aliphatic carbocycles. The summed E-state index contributed by atoms with van der Waals surface area (Å²) >= 11 is 0. The van der Waals surface area contributed by atoms with Gasteiger partial charge in [0.2, 0.25) is 5.91 Å². The molecule has 3 nitrogen and oxygen atoms in total. The summed E-state index contributed by atoms with van der Waals surface area (Å²) in [5.74, 6) is 0.0985. The summed E-state index contributed by atoms with van der Waals surface area (Å²) in [6, 6.07) is 21.7. The Morgan fingerprint density at radius 2 is 1.17 bits per heavy atom. The first kappa shape index (κ1) is 21.8. The summed E-state index contributed by atoms with van der Waals surface area (Å²) in [7, 11) is 0. The second-order valence-electron chi connectivity index (χ2n) is 8.52. The predicted octanol–water partition coefficient (Wildman–Crippen LogP) is 4.86. The molecular weight excluding hydrogens is 368 g/mol. The molecular formula is C27H33N2O+. The van der Waals surface area contributed by atoms with Crippen LogP contribution in [-0.4, -0.2) is 10.8 Å². The third kappa shape index (κ3) is 6.30. The maximum atomic E-state index is 12.2. The predicted molar refractivity (Wildman–Crippen MR) is 123 cm³/mol. The Balaban J connectivity index is 1.63. The Morgan fingerprint density at radius 3 is 1.70 bits per heavy atom. The van der Waals surface area contributed by atoms with Gasteiger partial charge < -0.3 is 10.2 Å². The number of carbonyl (C=O) groups is 1. The molecule has 0 bridgehead atoms. The quantitative estimate of drug-likeness (QED) is 0.564. The van der Waals surface area contributed by atoms with Crippen molar-refractivity contribution in [3.05, 3.63) is 99.6 Å². The number of hydrogen-bond donors (Lipinski definition) is 1. The van der Waals surface area contributed by atoms with E-state index in [1.807, 2.05) is 4.90 Å². The van der Waals surface area contributed by atoms with Gasteiger partial charge in [-0.3, -0.25) is 4.79 Å². The Hall–Kier alpha value is -2.91. The number of amides is 1. The minimum atomic E-state index is 0.0985. The third-order valence-corrected chi connectivity index (χ3v) is 5.31. The van der Waals surface area contributed by atoms with E-state index < -0.39 is 0 Å². The molecule has 0 heterocycles. The van der Waals surface area contributed by atoms with Gasteiger partial charge in [0.15, 0.2) is 0 Å². The van der Waals surface area contributed by atoms with E-state index >= 15 is 0 Å². The molecule has 3 heteroatoms. The van der Waals surface area contributed by atoms with Gasteiger partial charge in [-0.2, -0.15) is 0 Å². The SMILES string of the molecule is CC(=O)N(Cc1ccc(C[NH2+]c2cc(C)cc(C)c2)cc1)Cc1cc(C)cc(C)c1. The van der Waals surface area contributed by atoms with Crippen molar-refractivity contribution in [2.75, 3.05) is 0 Å². The van der Waals surface area contributed by atoms with Crippen molar-refractivity contribution in [2.24, 2.45) is 0 Å². The molecule has 0 fully saturated rings. The topological polar surface area (TPSA) is 36.9 Å². The third-order valence-electron chi connectivity index (χ3n) is 5.31. The number of nitrogens with zero attached hydrogens (tertiary/aromatic N) is 1. The van der Waals surface area contributed by atoms with E-state index in [0.29, 0.717) is 13.1 Å². The first-order valence-corrected chi connectivity index (χ1v) is 10.6. The van der Waals surface area contributed by atoms with E-state index in [0.717, 1.165) is 12.1 Å².